The Balaban J connectivity index is 2.46. The Labute approximate surface area is 170 Å². The lowest BCUT2D eigenvalue weighted by atomic mass is 10.2. The number of H-pyrrole nitrogens is 1. The van der Waals surface area contributed by atoms with Gasteiger partial charge in [0.05, 0.1) is 0 Å². The van der Waals surface area contributed by atoms with Crippen molar-refractivity contribution in [2.75, 3.05) is 22.5 Å². The SMILES string of the molecule is CCCCN(C(=S)Nc1ccc(C)cc1)c1c(N)n(CC(C)C)c(=O)[nH]c1=O. The van der Waals surface area contributed by atoms with Crippen LogP contribution in [-0.2, 0) is 6.54 Å². The molecule has 2 rings (SSSR count). The summed E-state index contributed by atoms with van der Waals surface area (Å²) in [7, 11) is 0. The summed E-state index contributed by atoms with van der Waals surface area (Å²) in [6.45, 7) is 8.95. The first-order valence-corrected chi connectivity index (χ1v) is 9.93. The van der Waals surface area contributed by atoms with Crippen molar-refractivity contribution in [2.45, 2.75) is 47.1 Å². The fraction of sp³-hybridized carbons (Fsp3) is 0.450. The van der Waals surface area contributed by atoms with Gasteiger partial charge in [-0.15, -0.1) is 0 Å². The first kappa shape index (κ1) is 21.7. The summed E-state index contributed by atoms with van der Waals surface area (Å²) in [5.41, 5.74) is 7.40. The molecule has 2 aromatic rings. The number of aromatic nitrogens is 2. The van der Waals surface area contributed by atoms with Gasteiger partial charge < -0.3 is 16.0 Å². The van der Waals surface area contributed by atoms with Crippen molar-refractivity contribution < 1.29 is 0 Å². The summed E-state index contributed by atoms with van der Waals surface area (Å²) in [6, 6.07) is 7.80. The summed E-state index contributed by atoms with van der Waals surface area (Å²) in [5.74, 6) is 0.326. The van der Waals surface area contributed by atoms with Crippen molar-refractivity contribution in [3.05, 3.63) is 50.7 Å². The first-order valence-electron chi connectivity index (χ1n) is 9.52. The standard InChI is InChI=1S/C20H29N5O2S/c1-5-6-11-24(20(28)22-15-9-7-14(4)8-10-15)16-17(21)25(12-13(2)3)19(27)23-18(16)26/h7-10,13H,5-6,11-12,21H2,1-4H3,(H,22,28)(H,23,26,27). The Hall–Kier alpha value is -2.61. The second kappa shape index (κ2) is 9.54. The van der Waals surface area contributed by atoms with Crippen LogP contribution in [0.1, 0.15) is 39.2 Å². The third kappa shape index (κ3) is 5.22. The largest absolute Gasteiger partial charge is 0.383 e. The second-order valence-corrected chi connectivity index (χ2v) is 7.69. The van der Waals surface area contributed by atoms with Crippen LogP contribution in [-0.4, -0.2) is 21.2 Å². The summed E-state index contributed by atoms with van der Waals surface area (Å²) in [5, 5.41) is 3.53. The van der Waals surface area contributed by atoms with Gasteiger partial charge in [0.15, 0.2) is 10.8 Å². The zero-order valence-electron chi connectivity index (χ0n) is 16.9. The predicted molar refractivity (Wildman–Crippen MR) is 120 cm³/mol. The highest BCUT2D eigenvalue weighted by molar-refractivity contribution is 7.80. The van der Waals surface area contributed by atoms with Crippen molar-refractivity contribution in [2.24, 2.45) is 5.92 Å². The van der Waals surface area contributed by atoms with Crippen molar-refractivity contribution in [3.63, 3.8) is 0 Å². The maximum absolute atomic E-state index is 12.6. The number of aryl methyl sites for hydroxylation is 1. The Morgan fingerprint density at radius 2 is 1.93 bits per heavy atom. The van der Waals surface area contributed by atoms with E-state index in [0.29, 0.717) is 18.2 Å². The number of nitrogens with zero attached hydrogens (tertiary/aromatic N) is 2. The fourth-order valence-electron chi connectivity index (χ4n) is 2.84. The van der Waals surface area contributed by atoms with Gasteiger partial charge in [-0.2, -0.15) is 0 Å². The molecule has 0 spiro atoms. The van der Waals surface area contributed by atoms with E-state index in [4.69, 9.17) is 18.0 Å². The van der Waals surface area contributed by atoms with Gasteiger partial charge in [0.2, 0.25) is 0 Å². The minimum atomic E-state index is -0.535. The molecule has 4 N–H and O–H groups in total. The molecule has 0 saturated carbocycles. The molecule has 0 saturated heterocycles. The number of hydrogen-bond acceptors (Lipinski definition) is 4. The second-order valence-electron chi connectivity index (χ2n) is 7.30. The lowest BCUT2D eigenvalue weighted by molar-refractivity contribution is 0.507. The number of rotatable bonds is 7. The van der Waals surface area contributed by atoms with Crippen LogP contribution < -0.4 is 27.2 Å². The number of unbranched alkanes of at least 4 members (excludes halogenated alkanes) is 1. The van der Waals surface area contributed by atoms with E-state index in [1.165, 1.54) is 4.57 Å². The number of hydrogen-bond donors (Lipinski definition) is 3. The highest BCUT2D eigenvalue weighted by atomic mass is 32.1. The normalized spacial score (nSPS) is 10.9. The molecule has 8 heteroatoms. The highest BCUT2D eigenvalue weighted by Crippen LogP contribution is 2.20. The highest BCUT2D eigenvalue weighted by Gasteiger charge is 2.22. The molecule has 0 bridgehead atoms. The predicted octanol–water partition coefficient (Wildman–Crippen LogP) is 3.09. The number of aromatic amines is 1. The Morgan fingerprint density at radius 3 is 2.50 bits per heavy atom. The molecule has 0 aliphatic heterocycles. The third-order valence-corrected chi connectivity index (χ3v) is 4.64. The number of nitrogens with one attached hydrogen (secondary N) is 2. The summed E-state index contributed by atoms with van der Waals surface area (Å²) < 4.78 is 1.40. The third-order valence-electron chi connectivity index (χ3n) is 4.32. The minimum Gasteiger partial charge on any atom is -0.383 e. The van der Waals surface area contributed by atoms with Crippen LogP contribution in [0.3, 0.4) is 0 Å². The lowest BCUT2D eigenvalue weighted by Crippen LogP contribution is -2.43. The summed E-state index contributed by atoms with van der Waals surface area (Å²) in [6.07, 6.45) is 1.74. The van der Waals surface area contributed by atoms with Crippen LogP contribution in [0, 0.1) is 12.8 Å². The van der Waals surface area contributed by atoms with Crippen LogP contribution >= 0.6 is 12.2 Å². The molecule has 1 aromatic heterocycles. The smallest absolute Gasteiger partial charge is 0.330 e. The van der Waals surface area contributed by atoms with Crippen LogP contribution in [0.25, 0.3) is 0 Å². The van der Waals surface area contributed by atoms with Crippen molar-refractivity contribution >= 4 is 34.5 Å². The van der Waals surface area contributed by atoms with Gasteiger partial charge in [0, 0.05) is 18.8 Å². The van der Waals surface area contributed by atoms with Gasteiger partial charge in [-0.05, 0) is 43.6 Å². The number of nitrogen functional groups attached to an aromatic ring is 1. The zero-order valence-corrected chi connectivity index (χ0v) is 17.7. The van der Waals surface area contributed by atoms with Crippen LogP contribution in [0.5, 0.6) is 0 Å². The average molecular weight is 404 g/mol. The summed E-state index contributed by atoms with van der Waals surface area (Å²) in [4.78, 5) is 28.9. The fourth-order valence-corrected chi connectivity index (χ4v) is 3.14. The molecule has 0 aliphatic carbocycles. The molecule has 1 aromatic carbocycles. The minimum absolute atomic E-state index is 0.131. The number of anilines is 3. The number of benzene rings is 1. The maximum atomic E-state index is 12.6. The van der Waals surface area contributed by atoms with E-state index < -0.39 is 11.2 Å². The van der Waals surface area contributed by atoms with E-state index >= 15 is 0 Å². The monoisotopic (exact) mass is 403 g/mol. The number of thiocarbonyl (C=S) groups is 1. The van der Waals surface area contributed by atoms with E-state index in [0.717, 1.165) is 24.1 Å². The van der Waals surface area contributed by atoms with E-state index in [-0.39, 0.29) is 17.4 Å². The van der Waals surface area contributed by atoms with Crippen molar-refractivity contribution in [1.29, 1.82) is 0 Å². The Bertz CT molecular complexity index is 931. The molecule has 0 atom stereocenters. The van der Waals surface area contributed by atoms with Crippen LogP contribution in [0.15, 0.2) is 33.9 Å². The molecule has 28 heavy (non-hydrogen) atoms. The molecule has 0 amide bonds. The summed E-state index contributed by atoms with van der Waals surface area (Å²) >= 11 is 5.59. The van der Waals surface area contributed by atoms with Gasteiger partial charge in [-0.3, -0.25) is 14.3 Å². The van der Waals surface area contributed by atoms with Gasteiger partial charge >= 0.3 is 5.69 Å². The van der Waals surface area contributed by atoms with Gasteiger partial charge in [-0.1, -0.05) is 44.9 Å². The average Bonchev–Trinajstić information content (AvgIpc) is 2.63. The molecule has 0 radical (unpaired) electrons. The first-order chi connectivity index (χ1) is 13.2. The quantitative estimate of drug-likeness (QED) is 0.615. The Kier molecular flexibility index (Phi) is 7.39. The molecule has 0 aliphatic rings. The van der Waals surface area contributed by atoms with Gasteiger partial charge in [-0.25, -0.2) is 4.79 Å². The van der Waals surface area contributed by atoms with Gasteiger partial charge in [0.1, 0.15) is 5.82 Å². The van der Waals surface area contributed by atoms with E-state index in [2.05, 4.69) is 17.2 Å². The van der Waals surface area contributed by atoms with E-state index in [9.17, 15) is 9.59 Å². The molecule has 1 heterocycles. The van der Waals surface area contributed by atoms with Crippen LogP contribution in [0.2, 0.25) is 0 Å². The molecule has 152 valence electrons. The molecule has 0 unspecified atom stereocenters. The lowest BCUT2D eigenvalue weighted by Gasteiger charge is -2.27. The Morgan fingerprint density at radius 1 is 1.29 bits per heavy atom. The maximum Gasteiger partial charge on any atom is 0.330 e. The van der Waals surface area contributed by atoms with Crippen molar-refractivity contribution in [1.82, 2.24) is 9.55 Å². The van der Waals surface area contributed by atoms with Crippen LogP contribution in [0.4, 0.5) is 17.2 Å². The number of nitrogens with two attached hydrogens (primary N) is 1. The molecule has 0 fully saturated rings. The van der Waals surface area contributed by atoms with Gasteiger partial charge in [0.25, 0.3) is 5.56 Å². The zero-order chi connectivity index (χ0) is 20.8. The molecular formula is C20H29N5O2S. The topological polar surface area (TPSA) is 96.2 Å². The van der Waals surface area contributed by atoms with E-state index in [1.54, 1.807) is 4.90 Å². The van der Waals surface area contributed by atoms with E-state index in [1.807, 2.05) is 45.0 Å². The molecular weight excluding hydrogens is 374 g/mol. The van der Waals surface area contributed by atoms with Crippen molar-refractivity contribution in [3.8, 4) is 0 Å². The molecule has 7 nitrogen and oxygen atoms in total.